The van der Waals surface area contributed by atoms with Crippen molar-refractivity contribution in [3.63, 3.8) is 0 Å². The molecule has 0 radical (unpaired) electrons. The predicted octanol–water partition coefficient (Wildman–Crippen LogP) is 2.90. The number of rotatable bonds is 6. The van der Waals surface area contributed by atoms with Gasteiger partial charge < -0.3 is 15.7 Å². The van der Waals surface area contributed by atoms with E-state index in [2.05, 4.69) is 17.6 Å². The zero-order valence-electron chi connectivity index (χ0n) is 13.0. The molecule has 0 spiro atoms. The molecule has 1 atom stereocenters. The van der Waals surface area contributed by atoms with Crippen LogP contribution in [0.1, 0.15) is 64.7 Å². The predicted molar refractivity (Wildman–Crippen MR) is 81.1 cm³/mol. The lowest BCUT2D eigenvalue weighted by Gasteiger charge is -2.38. The van der Waals surface area contributed by atoms with Crippen LogP contribution < -0.4 is 10.6 Å². The van der Waals surface area contributed by atoms with Crippen molar-refractivity contribution in [3.8, 4) is 0 Å². The van der Waals surface area contributed by atoms with Gasteiger partial charge in [0.1, 0.15) is 0 Å². The number of carbonyl (C=O) groups is 2. The monoisotopic (exact) mass is 296 g/mol. The summed E-state index contributed by atoms with van der Waals surface area (Å²) in [5.74, 6) is -0.208. The Morgan fingerprint density at radius 3 is 2.33 bits per heavy atom. The molecule has 0 heterocycles. The quantitative estimate of drug-likeness (QED) is 0.705. The van der Waals surface area contributed by atoms with Gasteiger partial charge in [0.15, 0.2) is 0 Å². The molecule has 2 aliphatic rings. The number of carbonyl (C=O) groups excluding carboxylic acids is 1. The van der Waals surface area contributed by atoms with Gasteiger partial charge in [0.25, 0.3) is 0 Å². The van der Waals surface area contributed by atoms with E-state index in [0.29, 0.717) is 18.8 Å². The summed E-state index contributed by atoms with van der Waals surface area (Å²) in [6.07, 6.45) is 9.41. The molecule has 0 aliphatic heterocycles. The molecule has 5 nitrogen and oxygen atoms in total. The summed E-state index contributed by atoms with van der Waals surface area (Å²) < 4.78 is 0. The van der Waals surface area contributed by atoms with Crippen LogP contribution in [-0.2, 0) is 4.79 Å². The zero-order chi connectivity index (χ0) is 15.3. The molecule has 2 saturated carbocycles. The highest BCUT2D eigenvalue weighted by Crippen LogP contribution is 2.40. The van der Waals surface area contributed by atoms with Gasteiger partial charge in [-0.25, -0.2) is 4.79 Å². The van der Waals surface area contributed by atoms with Crippen LogP contribution in [-0.4, -0.2) is 29.7 Å². The Kier molecular flexibility index (Phi) is 5.48. The third kappa shape index (κ3) is 3.89. The minimum absolute atomic E-state index is 0.208. The number of hydrogen-bond donors (Lipinski definition) is 3. The highest BCUT2D eigenvalue weighted by Gasteiger charge is 2.44. The average Bonchev–Trinajstić information content (AvgIpc) is 2.44. The maximum atomic E-state index is 12.0. The Labute approximate surface area is 126 Å². The van der Waals surface area contributed by atoms with E-state index in [4.69, 9.17) is 0 Å². The van der Waals surface area contributed by atoms with E-state index in [-0.39, 0.29) is 18.6 Å². The largest absolute Gasteiger partial charge is 0.481 e. The molecule has 2 aliphatic carbocycles. The van der Waals surface area contributed by atoms with Gasteiger partial charge in [-0.3, -0.25) is 4.79 Å². The van der Waals surface area contributed by atoms with Crippen molar-refractivity contribution in [1.29, 1.82) is 0 Å². The number of amides is 2. The number of carboxylic acid groups (broad SMARTS) is 1. The first-order chi connectivity index (χ1) is 10.1. The van der Waals surface area contributed by atoms with Crippen LogP contribution in [0.15, 0.2) is 0 Å². The first-order valence-corrected chi connectivity index (χ1v) is 8.35. The molecule has 0 aromatic rings. The molecule has 0 bridgehead atoms. The van der Waals surface area contributed by atoms with E-state index in [1.807, 2.05) is 0 Å². The molecule has 2 rings (SSSR count). The molecule has 0 saturated heterocycles. The number of aliphatic carboxylic acids is 1. The molecule has 3 N–H and O–H groups in total. The van der Waals surface area contributed by atoms with Gasteiger partial charge in [-0.1, -0.05) is 32.6 Å². The van der Waals surface area contributed by atoms with Crippen LogP contribution >= 0.6 is 0 Å². The Morgan fingerprint density at radius 1 is 1.19 bits per heavy atom. The second kappa shape index (κ2) is 7.14. The van der Waals surface area contributed by atoms with Gasteiger partial charge >= 0.3 is 12.0 Å². The number of urea groups is 1. The molecular weight excluding hydrogens is 268 g/mol. The summed E-state index contributed by atoms with van der Waals surface area (Å²) >= 11 is 0. The van der Waals surface area contributed by atoms with Crippen molar-refractivity contribution in [2.75, 3.05) is 6.54 Å². The Balaban J connectivity index is 1.78. The Hall–Kier alpha value is -1.26. The lowest BCUT2D eigenvalue weighted by Crippen LogP contribution is -2.52. The zero-order valence-corrected chi connectivity index (χ0v) is 13.0. The lowest BCUT2D eigenvalue weighted by molar-refractivity contribution is -0.153. The fourth-order valence-corrected chi connectivity index (χ4v) is 3.63. The first-order valence-electron chi connectivity index (χ1n) is 8.35. The van der Waals surface area contributed by atoms with Crippen LogP contribution in [0.5, 0.6) is 0 Å². The molecule has 0 aromatic heterocycles. The van der Waals surface area contributed by atoms with E-state index in [9.17, 15) is 14.7 Å². The van der Waals surface area contributed by atoms with E-state index < -0.39 is 11.4 Å². The standard InChI is InChI=1S/C16H28N2O3/c1-2-13(12-7-4-3-5-8-12)18-15(21)17-11-16(14(19)20)9-6-10-16/h12-13H,2-11H2,1H3,(H,19,20)(H2,17,18,21). The van der Waals surface area contributed by atoms with Crippen molar-refractivity contribution in [2.24, 2.45) is 11.3 Å². The van der Waals surface area contributed by atoms with Crippen molar-refractivity contribution in [3.05, 3.63) is 0 Å². The van der Waals surface area contributed by atoms with Gasteiger partial charge in [0.05, 0.1) is 5.41 Å². The second-order valence-corrected chi connectivity index (χ2v) is 6.68. The summed E-state index contributed by atoms with van der Waals surface area (Å²) in [4.78, 5) is 23.3. The van der Waals surface area contributed by atoms with Gasteiger partial charge in [0, 0.05) is 12.6 Å². The summed E-state index contributed by atoms with van der Waals surface area (Å²) in [6, 6.07) is 0.00687. The first kappa shape index (κ1) is 16.1. The van der Waals surface area contributed by atoms with E-state index in [1.165, 1.54) is 32.1 Å². The molecule has 0 aromatic carbocycles. The topological polar surface area (TPSA) is 78.4 Å². The third-order valence-electron chi connectivity index (χ3n) is 5.33. The average molecular weight is 296 g/mol. The fraction of sp³-hybridized carbons (Fsp3) is 0.875. The van der Waals surface area contributed by atoms with Gasteiger partial charge in [-0.2, -0.15) is 0 Å². The van der Waals surface area contributed by atoms with Crippen molar-refractivity contribution in [2.45, 2.75) is 70.8 Å². The minimum atomic E-state index is -0.784. The van der Waals surface area contributed by atoms with E-state index in [0.717, 1.165) is 12.8 Å². The SMILES string of the molecule is CCC(NC(=O)NCC1(C(=O)O)CCC1)C1CCCCC1. The van der Waals surface area contributed by atoms with Gasteiger partial charge in [-0.15, -0.1) is 0 Å². The van der Waals surface area contributed by atoms with Gasteiger partial charge in [0.2, 0.25) is 0 Å². The highest BCUT2D eigenvalue weighted by molar-refractivity contribution is 5.79. The Morgan fingerprint density at radius 2 is 1.86 bits per heavy atom. The smallest absolute Gasteiger partial charge is 0.315 e. The van der Waals surface area contributed by atoms with Crippen LogP contribution in [0.3, 0.4) is 0 Å². The van der Waals surface area contributed by atoms with Crippen LogP contribution in [0.4, 0.5) is 4.79 Å². The molecule has 21 heavy (non-hydrogen) atoms. The third-order valence-corrected chi connectivity index (χ3v) is 5.33. The molecule has 2 fully saturated rings. The van der Waals surface area contributed by atoms with Crippen LogP contribution in [0.25, 0.3) is 0 Å². The molecule has 5 heteroatoms. The lowest BCUT2D eigenvalue weighted by atomic mass is 9.69. The normalized spacial score (nSPS) is 22.9. The second-order valence-electron chi connectivity index (χ2n) is 6.68. The van der Waals surface area contributed by atoms with Crippen molar-refractivity contribution >= 4 is 12.0 Å². The van der Waals surface area contributed by atoms with Crippen LogP contribution in [0, 0.1) is 11.3 Å². The molecule has 2 amide bonds. The molecule has 1 unspecified atom stereocenters. The fourth-order valence-electron chi connectivity index (χ4n) is 3.63. The Bertz CT molecular complexity index is 374. The highest BCUT2D eigenvalue weighted by atomic mass is 16.4. The summed E-state index contributed by atoms with van der Waals surface area (Å²) in [7, 11) is 0. The number of carboxylic acids is 1. The van der Waals surface area contributed by atoms with Gasteiger partial charge in [-0.05, 0) is 38.0 Å². The van der Waals surface area contributed by atoms with E-state index in [1.54, 1.807) is 0 Å². The molecular formula is C16H28N2O3. The summed E-state index contributed by atoms with van der Waals surface area (Å²) in [5.41, 5.74) is -0.718. The molecule has 120 valence electrons. The maximum absolute atomic E-state index is 12.0. The van der Waals surface area contributed by atoms with Crippen molar-refractivity contribution in [1.82, 2.24) is 10.6 Å². The minimum Gasteiger partial charge on any atom is -0.481 e. The van der Waals surface area contributed by atoms with Crippen molar-refractivity contribution < 1.29 is 14.7 Å². The summed E-state index contributed by atoms with van der Waals surface area (Å²) in [6.45, 7) is 2.35. The van der Waals surface area contributed by atoms with Crippen LogP contribution in [0.2, 0.25) is 0 Å². The summed E-state index contributed by atoms with van der Waals surface area (Å²) in [5, 5.41) is 15.1. The maximum Gasteiger partial charge on any atom is 0.315 e. The number of hydrogen-bond acceptors (Lipinski definition) is 2. The number of nitrogens with one attached hydrogen (secondary N) is 2. The van der Waals surface area contributed by atoms with E-state index >= 15 is 0 Å².